The monoisotopic (exact) mass is 611 g/mol. The van der Waals surface area contributed by atoms with Crippen LogP contribution in [-0.2, 0) is 36.9 Å². The van der Waals surface area contributed by atoms with E-state index in [0.29, 0.717) is 36.8 Å². The molecule has 2 fully saturated rings. The Hall–Kier alpha value is -3.82. The van der Waals surface area contributed by atoms with Gasteiger partial charge in [0.25, 0.3) is 0 Å². The van der Waals surface area contributed by atoms with E-state index in [1.54, 1.807) is 17.2 Å². The van der Waals surface area contributed by atoms with E-state index in [2.05, 4.69) is 34.9 Å². The summed E-state index contributed by atoms with van der Waals surface area (Å²) in [6.07, 6.45) is 3.05. The highest BCUT2D eigenvalue weighted by molar-refractivity contribution is 5.80. The molecular formula is C32H40F3N7O2. The average molecular weight is 612 g/mol. The second kappa shape index (κ2) is 13.4. The van der Waals surface area contributed by atoms with Gasteiger partial charge < -0.3 is 10.0 Å². The Morgan fingerprint density at radius 2 is 1.82 bits per heavy atom. The number of fused-ring (bicyclic) bond motifs is 1. The molecule has 1 saturated carbocycles. The van der Waals surface area contributed by atoms with Crippen molar-refractivity contribution in [3.05, 3.63) is 63.7 Å². The van der Waals surface area contributed by atoms with Gasteiger partial charge in [0.15, 0.2) is 0 Å². The number of rotatable bonds is 9. The largest absolute Gasteiger partial charge is 0.481 e. The van der Waals surface area contributed by atoms with Crippen LogP contribution in [0, 0.1) is 23.2 Å². The van der Waals surface area contributed by atoms with Gasteiger partial charge in [0.1, 0.15) is 0 Å². The fourth-order valence-corrected chi connectivity index (χ4v) is 6.59. The van der Waals surface area contributed by atoms with Crippen molar-refractivity contribution in [2.75, 3.05) is 25.0 Å². The van der Waals surface area contributed by atoms with Crippen molar-refractivity contribution in [2.24, 2.45) is 16.8 Å². The number of anilines is 1. The molecule has 1 heterocycles. The molecule has 0 spiro atoms. The van der Waals surface area contributed by atoms with Gasteiger partial charge in [-0.25, -0.2) is 4.99 Å². The average Bonchev–Trinajstić information content (AvgIpc) is 3.36. The molecule has 3 aliphatic rings. The second-order valence-electron chi connectivity index (χ2n) is 12.0. The molecule has 9 nitrogen and oxygen atoms in total. The zero-order valence-corrected chi connectivity index (χ0v) is 25.3. The molecule has 12 heteroatoms. The highest BCUT2D eigenvalue weighted by Gasteiger charge is 2.32. The van der Waals surface area contributed by atoms with Crippen molar-refractivity contribution in [3.63, 3.8) is 0 Å². The Morgan fingerprint density at radius 3 is 2.45 bits per heavy atom. The fraction of sp³-hybridized carbons (Fsp3) is 0.531. The van der Waals surface area contributed by atoms with E-state index in [1.165, 1.54) is 23.6 Å². The van der Waals surface area contributed by atoms with Gasteiger partial charge in [-0.1, -0.05) is 6.07 Å². The maximum absolute atomic E-state index is 13.5. The SMILES string of the molecule is CCN(CC1CCC(C(=O)O)CC1)c1cc2c(cc1CN=C1NNN(C)N1Cc1cc(C#N)cc(C(F)(F)F)c1)CCCC2. The number of aryl methyl sites for hydroxylation is 2. The number of nitriles is 1. The summed E-state index contributed by atoms with van der Waals surface area (Å²) < 4.78 is 40.5. The summed E-state index contributed by atoms with van der Waals surface area (Å²) in [5.41, 5.74) is 10.3. The summed E-state index contributed by atoms with van der Waals surface area (Å²) in [5, 5.41) is 22.1. The standard InChI is InChI=1S/C32H40F3N7O2/c1-3-41(19-21-8-10-24(11-9-21)30(43)44)29-16-26-7-5-4-6-25(26)15-27(29)18-37-31-38-39-40(2)42(31)20-23-12-22(17-36)13-28(14-23)32(33,34)35/h12-16,21,24,39H,3-11,18-20H2,1-2H3,(H,37,38)(H,43,44). The van der Waals surface area contributed by atoms with Crippen LogP contribution >= 0.6 is 0 Å². The number of benzene rings is 2. The minimum absolute atomic E-state index is 0.0501. The molecule has 0 atom stereocenters. The lowest BCUT2D eigenvalue weighted by molar-refractivity contribution is -0.143. The predicted molar refractivity (Wildman–Crippen MR) is 161 cm³/mol. The van der Waals surface area contributed by atoms with Gasteiger partial charge >= 0.3 is 12.1 Å². The van der Waals surface area contributed by atoms with E-state index in [0.717, 1.165) is 68.6 Å². The van der Waals surface area contributed by atoms with Gasteiger partial charge in [0.05, 0.1) is 36.2 Å². The number of aliphatic imine (C=N–C) groups is 1. The number of carbonyl (C=O) groups is 1. The first-order valence-electron chi connectivity index (χ1n) is 15.4. The maximum Gasteiger partial charge on any atom is 0.416 e. The van der Waals surface area contributed by atoms with Crippen LogP contribution in [0.5, 0.6) is 0 Å². The number of alkyl halides is 3. The first kappa shape index (κ1) is 31.6. The molecule has 2 aromatic rings. The number of halogens is 3. The minimum atomic E-state index is -4.56. The Kier molecular flexibility index (Phi) is 9.65. The van der Waals surface area contributed by atoms with Crippen LogP contribution in [0.2, 0.25) is 0 Å². The summed E-state index contributed by atoms with van der Waals surface area (Å²) in [7, 11) is 1.73. The molecule has 0 aromatic heterocycles. The Morgan fingerprint density at radius 1 is 1.11 bits per heavy atom. The van der Waals surface area contributed by atoms with Crippen LogP contribution in [0.15, 0.2) is 35.3 Å². The molecule has 0 bridgehead atoms. The molecule has 0 amide bonds. The van der Waals surface area contributed by atoms with Gasteiger partial charge in [0.2, 0.25) is 5.96 Å². The lowest BCUT2D eigenvalue weighted by Crippen LogP contribution is -2.39. The molecular weight excluding hydrogens is 571 g/mol. The highest BCUT2D eigenvalue weighted by Crippen LogP contribution is 2.35. The number of nitrogens with one attached hydrogen (secondary N) is 2. The number of carboxylic acid groups (broad SMARTS) is 1. The molecule has 0 radical (unpaired) electrons. The molecule has 1 saturated heterocycles. The van der Waals surface area contributed by atoms with Crippen molar-refractivity contribution >= 4 is 17.6 Å². The summed E-state index contributed by atoms with van der Waals surface area (Å²) in [5.74, 6) is -0.0499. The zero-order valence-electron chi connectivity index (χ0n) is 25.3. The normalized spacial score (nSPS) is 21.5. The summed E-state index contributed by atoms with van der Waals surface area (Å²) >= 11 is 0. The van der Waals surface area contributed by atoms with E-state index < -0.39 is 17.7 Å². The van der Waals surface area contributed by atoms with Crippen LogP contribution in [0.1, 0.15) is 78.8 Å². The Bertz CT molecular complexity index is 1430. The van der Waals surface area contributed by atoms with Crippen molar-refractivity contribution in [1.29, 1.82) is 5.26 Å². The maximum atomic E-state index is 13.5. The van der Waals surface area contributed by atoms with E-state index in [1.807, 2.05) is 6.07 Å². The predicted octanol–water partition coefficient (Wildman–Crippen LogP) is 5.40. The van der Waals surface area contributed by atoms with Crippen LogP contribution in [0.25, 0.3) is 0 Å². The van der Waals surface area contributed by atoms with E-state index in [-0.39, 0.29) is 18.0 Å². The Balaban J connectivity index is 1.39. The van der Waals surface area contributed by atoms with Crippen LogP contribution in [-0.4, -0.2) is 47.3 Å². The van der Waals surface area contributed by atoms with E-state index in [4.69, 9.17) is 4.99 Å². The number of nitrogens with zero attached hydrogens (tertiary/aromatic N) is 5. The summed E-state index contributed by atoms with van der Waals surface area (Å²) in [6.45, 7) is 4.25. The molecule has 0 unspecified atom stereocenters. The van der Waals surface area contributed by atoms with E-state index in [9.17, 15) is 28.3 Å². The molecule has 1 aliphatic heterocycles. The number of aliphatic carboxylic acids is 1. The molecule has 3 N–H and O–H groups in total. The fourth-order valence-electron chi connectivity index (χ4n) is 6.59. The lowest BCUT2D eigenvalue weighted by atomic mass is 9.81. The molecule has 5 rings (SSSR count). The van der Waals surface area contributed by atoms with Gasteiger partial charge in [0, 0.05) is 25.8 Å². The number of hydrazine groups is 3. The number of hydrogen-bond acceptors (Lipinski definition) is 6. The number of carboxylic acids is 1. The van der Waals surface area contributed by atoms with Crippen LogP contribution in [0.4, 0.5) is 18.9 Å². The smallest absolute Gasteiger partial charge is 0.416 e. The van der Waals surface area contributed by atoms with Crippen LogP contribution in [0.3, 0.4) is 0 Å². The Labute approximate surface area is 256 Å². The van der Waals surface area contributed by atoms with Gasteiger partial charge in [-0.2, -0.15) is 18.4 Å². The van der Waals surface area contributed by atoms with Crippen LogP contribution < -0.4 is 15.9 Å². The summed E-state index contributed by atoms with van der Waals surface area (Å²) in [6, 6.07) is 9.79. The van der Waals surface area contributed by atoms with Crippen molar-refractivity contribution in [1.82, 2.24) is 21.1 Å². The van der Waals surface area contributed by atoms with Gasteiger partial charge in [-0.3, -0.25) is 15.2 Å². The summed E-state index contributed by atoms with van der Waals surface area (Å²) in [4.78, 5) is 18.7. The van der Waals surface area contributed by atoms with Gasteiger partial charge in [-0.15, -0.1) is 10.7 Å². The number of guanidine groups is 1. The quantitative estimate of drug-likeness (QED) is 0.346. The third-order valence-corrected chi connectivity index (χ3v) is 9.06. The molecule has 2 aromatic carbocycles. The number of hydrogen-bond donors (Lipinski definition) is 3. The highest BCUT2D eigenvalue weighted by atomic mass is 19.4. The minimum Gasteiger partial charge on any atom is -0.481 e. The topological polar surface area (TPSA) is 107 Å². The van der Waals surface area contributed by atoms with Crippen molar-refractivity contribution in [2.45, 2.75) is 77.6 Å². The molecule has 236 valence electrons. The first-order chi connectivity index (χ1) is 21.0. The van der Waals surface area contributed by atoms with Gasteiger partial charge in [-0.05, 0) is 111 Å². The molecule has 2 aliphatic carbocycles. The van der Waals surface area contributed by atoms with Crippen molar-refractivity contribution < 1.29 is 23.1 Å². The first-order valence-corrected chi connectivity index (χ1v) is 15.4. The lowest BCUT2D eigenvalue weighted by Gasteiger charge is -2.34. The van der Waals surface area contributed by atoms with Crippen molar-refractivity contribution in [3.8, 4) is 6.07 Å². The third-order valence-electron chi connectivity index (χ3n) is 9.06. The zero-order chi connectivity index (χ0) is 31.4. The second-order valence-corrected chi connectivity index (χ2v) is 12.0. The van der Waals surface area contributed by atoms with E-state index >= 15 is 0 Å². The molecule has 44 heavy (non-hydrogen) atoms. The third kappa shape index (κ3) is 7.27.